The molecule has 0 bridgehead atoms. The highest BCUT2D eigenvalue weighted by Crippen LogP contribution is 2.44. The Hall–Kier alpha value is -3.39. The second-order valence-corrected chi connectivity index (χ2v) is 9.33. The third kappa shape index (κ3) is 3.72. The monoisotopic (exact) mass is 464 g/mol. The second-order valence-electron chi connectivity index (χ2n) is 9.33. The Morgan fingerprint density at radius 3 is 2.41 bits per heavy atom. The third-order valence-corrected chi connectivity index (χ3v) is 7.35. The van der Waals surface area contributed by atoms with E-state index in [1.165, 1.54) is 4.90 Å². The van der Waals surface area contributed by atoms with Gasteiger partial charge < -0.3 is 24.8 Å². The molecule has 5 rings (SSSR count). The number of rotatable bonds is 5. The van der Waals surface area contributed by atoms with Crippen LogP contribution in [0.1, 0.15) is 43.2 Å². The van der Waals surface area contributed by atoms with E-state index < -0.39 is 35.7 Å². The Kier molecular flexibility index (Phi) is 5.77. The number of hydrogen-bond donors (Lipinski definition) is 2. The van der Waals surface area contributed by atoms with Crippen LogP contribution in [0.15, 0.2) is 48.5 Å². The van der Waals surface area contributed by atoms with Crippen LogP contribution in [0.5, 0.6) is 0 Å². The van der Waals surface area contributed by atoms with Gasteiger partial charge in [0.25, 0.3) is 5.91 Å². The first-order valence-corrected chi connectivity index (χ1v) is 11.7. The minimum Gasteiger partial charge on any atom is -0.480 e. The van der Waals surface area contributed by atoms with Gasteiger partial charge in [0, 0.05) is 19.1 Å². The maximum atomic E-state index is 13.1. The van der Waals surface area contributed by atoms with E-state index >= 15 is 0 Å². The van der Waals surface area contributed by atoms with Gasteiger partial charge in [-0.3, -0.25) is 4.79 Å². The van der Waals surface area contributed by atoms with Gasteiger partial charge in [-0.1, -0.05) is 48.5 Å². The third-order valence-electron chi connectivity index (χ3n) is 7.35. The lowest BCUT2D eigenvalue weighted by molar-refractivity contribution is -0.159. The Morgan fingerprint density at radius 2 is 1.76 bits per heavy atom. The van der Waals surface area contributed by atoms with Crippen molar-refractivity contribution in [3.05, 3.63) is 59.7 Å². The molecule has 8 nitrogen and oxygen atoms in total. The van der Waals surface area contributed by atoms with Crippen LogP contribution in [0.25, 0.3) is 11.1 Å². The molecule has 0 spiro atoms. The summed E-state index contributed by atoms with van der Waals surface area (Å²) < 4.78 is 11.2. The van der Waals surface area contributed by atoms with Crippen LogP contribution >= 0.6 is 0 Å². The summed E-state index contributed by atoms with van der Waals surface area (Å²) in [4.78, 5) is 39.0. The standard InChI is InChI=1S/C26H28N2O6/c1-26(24(30)31)12-6-13-28(26)23(29)22-21(11-14-33-22)27-25(32)34-15-20-18-9-4-2-7-16(18)17-8-3-5-10-19(17)20/h2-5,7-10,20-22H,6,11-15H2,1H3,(H,27,32)(H,30,31). The molecule has 178 valence electrons. The maximum Gasteiger partial charge on any atom is 0.407 e. The summed E-state index contributed by atoms with van der Waals surface area (Å²) in [6, 6.07) is 15.6. The topological polar surface area (TPSA) is 105 Å². The van der Waals surface area contributed by atoms with E-state index in [0.29, 0.717) is 32.4 Å². The van der Waals surface area contributed by atoms with Gasteiger partial charge >= 0.3 is 12.1 Å². The van der Waals surface area contributed by atoms with Gasteiger partial charge in [-0.25, -0.2) is 9.59 Å². The van der Waals surface area contributed by atoms with Crippen molar-refractivity contribution in [1.29, 1.82) is 0 Å². The Balaban J connectivity index is 1.24. The quantitative estimate of drug-likeness (QED) is 0.704. The Morgan fingerprint density at radius 1 is 1.12 bits per heavy atom. The molecule has 34 heavy (non-hydrogen) atoms. The highest BCUT2D eigenvalue weighted by molar-refractivity contribution is 5.90. The Labute approximate surface area is 197 Å². The SMILES string of the molecule is CC1(C(=O)O)CCCN1C(=O)C1OCCC1NC(=O)OCC1c2ccccc2-c2ccccc21. The van der Waals surface area contributed by atoms with Gasteiger partial charge in [-0.2, -0.15) is 0 Å². The molecule has 3 unspecified atom stereocenters. The molecule has 0 radical (unpaired) electrons. The average molecular weight is 465 g/mol. The van der Waals surface area contributed by atoms with Gasteiger partial charge in [0.05, 0.1) is 6.04 Å². The summed E-state index contributed by atoms with van der Waals surface area (Å²) in [5.74, 6) is -1.49. The number of nitrogens with one attached hydrogen (secondary N) is 1. The lowest BCUT2D eigenvalue weighted by Gasteiger charge is -2.34. The minimum atomic E-state index is -1.25. The number of carbonyl (C=O) groups excluding carboxylic acids is 2. The van der Waals surface area contributed by atoms with Crippen LogP contribution in [-0.2, 0) is 19.1 Å². The predicted molar refractivity (Wildman–Crippen MR) is 123 cm³/mol. The van der Waals surface area contributed by atoms with Crippen LogP contribution < -0.4 is 5.32 Å². The number of likely N-dealkylation sites (tertiary alicyclic amines) is 1. The number of amides is 2. The second kappa shape index (κ2) is 8.76. The molecule has 3 aliphatic rings. The molecule has 2 heterocycles. The maximum absolute atomic E-state index is 13.1. The molecule has 2 saturated heterocycles. The molecule has 2 aromatic carbocycles. The van der Waals surface area contributed by atoms with Crippen LogP contribution in [0.4, 0.5) is 4.79 Å². The normalized spacial score (nSPS) is 25.6. The van der Waals surface area contributed by atoms with Crippen molar-refractivity contribution in [3.63, 3.8) is 0 Å². The molecule has 1 aliphatic carbocycles. The van der Waals surface area contributed by atoms with E-state index in [1.807, 2.05) is 24.3 Å². The van der Waals surface area contributed by atoms with Crippen LogP contribution in [-0.4, -0.2) is 65.4 Å². The van der Waals surface area contributed by atoms with E-state index in [2.05, 4.69) is 29.6 Å². The van der Waals surface area contributed by atoms with Crippen molar-refractivity contribution >= 4 is 18.0 Å². The number of ether oxygens (including phenoxy) is 2. The average Bonchev–Trinajstić information content (AvgIpc) is 3.54. The summed E-state index contributed by atoms with van der Waals surface area (Å²) in [6.45, 7) is 2.40. The van der Waals surface area contributed by atoms with Crippen LogP contribution in [0, 0.1) is 0 Å². The molecule has 0 aromatic heterocycles. The van der Waals surface area contributed by atoms with E-state index in [9.17, 15) is 19.5 Å². The zero-order valence-electron chi connectivity index (χ0n) is 19.0. The first kappa shape index (κ1) is 22.4. The van der Waals surface area contributed by atoms with Crippen molar-refractivity contribution in [2.45, 2.75) is 49.8 Å². The lowest BCUT2D eigenvalue weighted by Crippen LogP contribution is -2.57. The van der Waals surface area contributed by atoms with E-state index in [0.717, 1.165) is 22.3 Å². The lowest BCUT2D eigenvalue weighted by atomic mass is 9.98. The number of aliphatic carboxylic acids is 1. The fourth-order valence-electron chi connectivity index (χ4n) is 5.46. The van der Waals surface area contributed by atoms with Crippen molar-refractivity contribution in [2.75, 3.05) is 19.8 Å². The number of fused-ring (bicyclic) bond motifs is 3. The van der Waals surface area contributed by atoms with Crippen molar-refractivity contribution in [3.8, 4) is 11.1 Å². The van der Waals surface area contributed by atoms with E-state index in [1.54, 1.807) is 6.92 Å². The number of carboxylic acids is 1. The molecular weight excluding hydrogens is 436 g/mol. The number of alkyl carbamates (subject to hydrolysis) is 1. The van der Waals surface area contributed by atoms with Crippen molar-refractivity contribution in [2.24, 2.45) is 0 Å². The number of hydrogen-bond acceptors (Lipinski definition) is 5. The minimum absolute atomic E-state index is 0.0590. The van der Waals surface area contributed by atoms with Crippen LogP contribution in [0.2, 0.25) is 0 Å². The van der Waals surface area contributed by atoms with E-state index in [4.69, 9.17) is 9.47 Å². The molecule has 3 atom stereocenters. The first-order valence-electron chi connectivity index (χ1n) is 11.7. The fourth-order valence-corrected chi connectivity index (χ4v) is 5.46. The molecule has 8 heteroatoms. The summed E-state index contributed by atoms with van der Waals surface area (Å²) in [7, 11) is 0. The van der Waals surface area contributed by atoms with Gasteiger partial charge in [-0.05, 0) is 48.4 Å². The number of carboxylic acid groups (broad SMARTS) is 1. The highest BCUT2D eigenvalue weighted by atomic mass is 16.6. The highest BCUT2D eigenvalue weighted by Gasteiger charge is 2.50. The summed E-state index contributed by atoms with van der Waals surface area (Å²) in [5.41, 5.74) is 3.28. The zero-order chi connectivity index (χ0) is 23.9. The molecule has 2 N–H and O–H groups in total. The van der Waals surface area contributed by atoms with Crippen LogP contribution in [0.3, 0.4) is 0 Å². The summed E-state index contributed by atoms with van der Waals surface area (Å²) in [6.07, 6.45) is -0.0651. The summed E-state index contributed by atoms with van der Waals surface area (Å²) >= 11 is 0. The molecule has 2 aromatic rings. The summed E-state index contributed by atoms with van der Waals surface area (Å²) in [5, 5.41) is 12.4. The number of benzene rings is 2. The molecule has 2 aliphatic heterocycles. The smallest absolute Gasteiger partial charge is 0.407 e. The Bertz CT molecular complexity index is 1090. The molecular formula is C26H28N2O6. The molecule has 0 saturated carbocycles. The molecule has 2 fully saturated rings. The van der Waals surface area contributed by atoms with Gasteiger partial charge in [-0.15, -0.1) is 0 Å². The fraction of sp³-hybridized carbons (Fsp3) is 0.423. The number of carbonyl (C=O) groups is 3. The predicted octanol–water partition coefficient (Wildman–Crippen LogP) is 3.15. The van der Waals surface area contributed by atoms with Gasteiger partial charge in [0.1, 0.15) is 12.1 Å². The number of nitrogens with zero attached hydrogens (tertiary/aromatic N) is 1. The van der Waals surface area contributed by atoms with Gasteiger partial charge in [0.15, 0.2) is 6.10 Å². The van der Waals surface area contributed by atoms with E-state index in [-0.39, 0.29) is 12.5 Å². The van der Waals surface area contributed by atoms with Crippen molar-refractivity contribution in [1.82, 2.24) is 10.2 Å². The van der Waals surface area contributed by atoms with Crippen molar-refractivity contribution < 1.29 is 29.0 Å². The zero-order valence-corrected chi connectivity index (χ0v) is 19.0. The molecule has 2 amide bonds. The van der Waals surface area contributed by atoms with Gasteiger partial charge in [0.2, 0.25) is 0 Å². The largest absolute Gasteiger partial charge is 0.480 e. The first-order chi connectivity index (χ1) is 16.4.